The van der Waals surface area contributed by atoms with Gasteiger partial charge in [0.05, 0.1) is 23.4 Å². The molecule has 1 heterocycles. The third-order valence-electron chi connectivity index (χ3n) is 2.56. The molecule has 19 heavy (non-hydrogen) atoms. The van der Waals surface area contributed by atoms with E-state index in [9.17, 15) is 13.6 Å². The molecule has 0 bridgehead atoms. The summed E-state index contributed by atoms with van der Waals surface area (Å²) in [6, 6.07) is 2.06. The highest BCUT2D eigenvalue weighted by Crippen LogP contribution is 2.20. The van der Waals surface area contributed by atoms with Gasteiger partial charge in [-0.1, -0.05) is 0 Å². The second-order valence-corrected chi connectivity index (χ2v) is 4.69. The highest BCUT2D eigenvalue weighted by molar-refractivity contribution is 7.07. The van der Waals surface area contributed by atoms with Gasteiger partial charge in [-0.3, -0.25) is 4.79 Å². The first-order chi connectivity index (χ1) is 9.00. The Morgan fingerprint density at radius 3 is 2.84 bits per heavy atom. The van der Waals surface area contributed by atoms with Crippen LogP contribution in [0.25, 0.3) is 0 Å². The van der Waals surface area contributed by atoms with Crippen LogP contribution < -0.4 is 5.73 Å². The lowest BCUT2D eigenvalue weighted by molar-refractivity contribution is 0.0774. The summed E-state index contributed by atoms with van der Waals surface area (Å²) in [6.07, 6.45) is 0. The number of rotatable bonds is 3. The lowest BCUT2D eigenvalue weighted by Crippen LogP contribution is -2.28. The van der Waals surface area contributed by atoms with E-state index in [0.29, 0.717) is 5.69 Å². The topological polar surface area (TPSA) is 59.2 Å². The van der Waals surface area contributed by atoms with Crippen molar-refractivity contribution in [2.24, 2.45) is 0 Å². The van der Waals surface area contributed by atoms with Crippen molar-refractivity contribution < 1.29 is 13.6 Å². The molecule has 7 heteroatoms. The van der Waals surface area contributed by atoms with Crippen LogP contribution in [0.2, 0.25) is 0 Å². The lowest BCUT2D eigenvalue weighted by Gasteiger charge is -2.17. The number of carbonyl (C=O) groups is 1. The van der Waals surface area contributed by atoms with Crippen molar-refractivity contribution in [1.29, 1.82) is 0 Å². The molecule has 1 aromatic heterocycles. The Morgan fingerprint density at radius 2 is 2.21 bits per heavy atom. The first kappa shape index (κ1) is 13.4. The molecule has 0 aliphatic rings. The molecule has 1 amide bonds. The minimum atomic E-state index is -1.03. The van der Waals surface area contributed by atoms with E-state index in [2.05, 4.69) is 4.98 Å². The summed E-state index contributed by atoms with van der Waals surface area (Å²) >= 11 is 1.38. The van der Waals surface area contributed by atoms with Crippen LogP contribution in [0.3, 0.4) is 0 Å². The van der Waals surface area contributed by atoms with E-state index in [1.807, 2.05) is 0 Å². The van der Waals surface area contributed by atoms with Crippen molar-refractivity contribution in [3.05, 3.63) is 45.9 Å². The van der Waals surface area contributed by atoms with Gasteiger partial charge in [-0.2, -0.15) is 0 Å². The maximum Gasteiger partial charge on any atom is 0.260 e. The molecule has 0 radical (unpaired) electrons. The largest absolute Gasteiger partial charge is 0.396 e. The molecule has 0 saturated carbocycles. The van der Waals surface area contributed by atoms with Crippen LogP contribution in [-0.2, 0) is 6.54 Å². The van der Waals surface area contributed by atoms with Gasteiger partial charge in [-0.15, -0.1) is 11.3 Å². The first-order valence-electron chi connectivity index (χ1n) is 5.36. The molecule has 0 saturated heterocycles. The average Bonchev–Trinajstić information content (AvgIpc) is 2.87. The number of nitrogens with two attached hydrogens (primary N) is 1. The molecule has 0 aliphatic carbocycles. The average molecular weight is 283 g/mol. The predicted octanol–water partition coefficient (Wildman–Crippen LogP) is 2.28. The number of anilines is 1. The van der Waals surface area contributed by atoms with Crippen molar-refractivity contribution >= 4 is 22.9 Å². The molecule has 4 nitrogen and oxygen atoms in total. The molecule has 1 aromatic carbocycles. The molecule has 2 aromatic rings. The Morgan fingerprint density at radius 1 is 1.47 bits per heavy atom. The van der Waals surface area contributed by atoms with Gasteiger partial charge in [0.1, 0.15) is 11.4 Å². The Hall–Kier alpha value is -2.02. The summed E-state index contributed by atoms with van der Waals surface area (Å²) in [6.45, 7) is 0.177. The van der Waals surface area contributed by atoms with E-state index in [0.717, 1.165) is 12.1 Å². The van der Waals surface area contributed by atoms with Gasteiger partial charge in [-0.25, -0.2) is 13.8 Å². The fourth-order valence-corrected chi connectivity index (χ4v) is 2.14. The first-order valence-corrected chi connectivity index (χ1v) is 6.31. The minimum Gasteiger partial charge on any atom is -0.396 e. The summed E-state index contributed by atoms with van der Waals surface area (Å²) in [4.78, 5) is 17.2. The number of hydrogen-bond acceptors (Lipinski definition) is 4. The van der Waals surface area contributed by atoms with Gasteiger partial charge in [0.25, 0.3) is 5.91 Å². The van der Waals surface area contributed by atoms with Crippen LogP contribution in [0.5, 0.6) is 0 Å². The van der Waals surface area contributed by atoms with Crippen LogP contribution in [0, 0.1) is 11.6 Å². The molecule has 0 atom stereocenters. The Kier molecular flexibility index (Phi) is 3.75. The third-order valence-corrected chi connectivity index (χ3v) is 3.20. The Labute approximate surface area is 112 Å². The summed E-state index contributed by atoms with van der Waals surface area (Å²) < 4.78 is 27.3. The van der Waals surface area contributed by atoms with Crippen molar-refractivity contribution in [1.82, 2.24) is 9.88 Å². The van der Waals surface area contributed by atoms with Gasteiger partial charge in [0.15, 0.2) is 5.82 Å². The van der Waals surface area contributed by atoms with E-state index in [4.69, 9.17) is 5.73 Å². The summed E-state index contributed by atoms with van der Waals surface area (Å²) in [5.74, 6) is -2.73. The number of amides is 1. The van der Waals surface area contributed by atoms with Crippen LogP contribution in [0.1, 0.15) is 16.1 Å². The molecule has 2 N–H and O–H groups in total. The van der Waals surface area contributed by atoms with Crippen molar-refractivity contribution in [3.63, 3.8) is 0 Å². The zero-order valence-corrected chi connectivity index (χ0v) is 10.9. The molecule has 0 spiro atoms. The van der Waals surface area contributed by atoms with Crippen molar-refractivity contribution in [2.75, 3.05) is 12.8 Å². The van der Waals surface area contributed by atoms with Gasteiger partial charge >= 0.3 is 0 Å². The number of hydrogen-bond donors (Lipinski definition) is 1. The maximum atomic E-state index is 13.7. The molecule has 0 unspecified atom stereocenters. The monoisotopic (exact) mass is 283 g/mol. The normalized spacial score (nSPS) is 10.5. The number of carbonyl (C=O) groups excluding carboxylic acids is 1. The number of nitrogens with zero attached hydrogens (tertiary/aromatic N) is 2. The Bertz CT molecular complexity index is 601. The molecule has 100 valence electrons. The third kappa shape index (κ3) is 2.70. The van der Waals surface area contributed by atoms with Gasteiger partial charge in [0.2, 0.25) is 0 Å². The van der Waals surface area contributed by atoms with Gasteiger partial charge in [-0.05, 0) is 12.1 Å². The van der Waals surface area contributed by atoms with Crippen molar-refractivity contribution in [3.8, 4) is 0 Å². The van der Waals surface area contributed by atoms with Gasteiger partial charge < -0.3 is 10.6 Å². The second kappa shape index (κ2) is 5.31. The highest BCUT2D eigenvalue weighted by atomic mass is 32.1. The quantitative estimate of drug-likeness (QED) is 0.879. The SMILES string of the molecule is CN(Cc1cscn1)C(=O)c1c(F)ccc(N)c1F. The lowest BCUT2D eigenvalue weighted by atomic mass is 10.1. The minimum absolute atomic E-state index is 0.177. The standard InChI is InChI=1S/C12H11F2N3OS/c1-17(4-7-5-19-6-16-7)12(18)10-8(13)2-3-9(15)11(10)14/h2-3,5-6H,4,15H2,1H3. The maximum absolute atomic E-state index is 13.7. The molecule has 0 aliphatic heterocycles. The summed E-state index contributed by atoms with van der Waals surface area (Å²) in [7, 11) is 1.45. The van der Waals surface area contributed by atoms with E-state index in [1.54, 1.807) is 10.9 Å². The van der Waals surface area contributed by atoms with Crippen LogP contribution in [0.4, 0.5) is 14.5 Å². The molecular formula is C12H11F2N3OS. The zero-order valence-electron chi connectivity index (χ0n) is 10.1. The van der Waals surface area contributed by atoms with Crippen LogP contribution in [0.15, 0.2) is 23.0 Å². The van der Waals surface area contributed by atoms with E-state index in [-0.39, 0.29) is 12.2 Å². The predicted molar refractivity (Wildman–Crippen MR) is 68.7 cm³/mol. The van der Waals surface area contributed by atoms with Crippen molar-refractivity contribution in [2.45, 2.75) is 6.54 Å². The van der Waals surface area contributed by atoms with Crippen LogP contribution >= 0.6 is 11.3 Å². The fraction of sp³-hybridized carbons (Fsp3) is 0.167. The number of benzene rings is 1. The number of aromatic nitrogens is 1. The van der Waals surface area contributed by atoms with E-state index < -0.39 is 23.1 Å². The van der Waals surface area contributed by atoms with E-state index in [1.165, 1.54) is 23.3 Å². The molecular weight excluding hydrogens is 272 g/mol. The molecule has 2 rings (SSSR count). The Balaban J connectivity index is 2.27. The van der Waals surface area contributed by atoms with Crippen LogP contribution in [-0.4, -0.2) is 22.8 Å². The zero-order chi connectivity index (χ0) is 14.0. The number of nitrogen functional groups attached to an aromatic ring is 1. The molecule has 0 fully saturated rings. The van der Waals surface area contributed by atoms with Gasteiger partial charge in [0, 0.05) is 12.4 Å². The summed E-state index contributed by atoms with van der Waals surface area (Å²) in [5.41, 5.74) is 6.72. The fourth-order valence-electron chi connectivity index (χ4n) is 1.59. The number of halogens is 2. The number of thiazole rings is 1. The second-order valence-electron chi connectivity index (χ2n) is 3.97. The highest BCUT2D eigenvalue weighted by Gasteiger charge is 2.23. The van der Waals surface area contributed by atoms with E-state index >= 15 is 0 Å². The summed E-state index contributed by atoms with van der Waals surface area (Å²) in [5, 5.41) is 1.76. The smallest absolute Gasteiger partial charge is 0.260 e.